The maximum Gasteiger partial charge on any atom is 0.222 e. The summed E-state index contributed by atoms with van der Waals surface area (Å²) >= 11 is 0. The van der Waals surface area contributed by atoms with Gasteiger partial charge in [-0.3, -0.25) is 4.90 Å². The second-order valence-electron chi connectivity index (χ2n) is 8.58. The van der Waals surface area contributed by atoms with Crippen molar-refractivity contribution in [2.75, 3.05) is 6.54 Å². The van der Waals surface area contributed by atoms with E-state index in [9.17, 15) is 5.11 Å². The van der Waals surface area contributed by atoms with E-state index in [2.05, 4.69) is 50.4 Å². The summed E-state index contributed by atoms with van der Waals surface area (Å²) in [4.78, 5) is 2.28. The van der Waals surface area contributed by atoms with Crippen molar-refractivity contribution in [1.29, 1.82) is 0 Å². The van der Waals surface area contributed by atoms with Gasteiger partial charge < -0.3 is 9.84 Å². The minimum absolute atomic E-state index is 0.254. The zero-order valence-electron chi connectivity index (χ0n) is 19.7. The Morgan fingerprint density at radius 1 is 1.16 bits per heavy atom. The molecule has 0 saturated heterocycles. The Hall–Kier alpha value is -2.89. The van der Waals surface area contributed by atoms with Crippen LogP contribution in [0.4, 0.5) is 0 Å². The summed E-state index contributed by atoms with van der Waals surface area (Å²) in [6, 6.07) is 18.5. The van der Waals surface area contributed by atoms with Crippen LogP contribution in [0.2, 0.25) is 0 Å². The molecule has 1 aromatic heterocycles. The Morgan fingerprint density at radius 3 is 2.56 bits per heavy atom. The monoisotopic (exact) mass is 433 g/mol. The van der Waals surface area contributed by atoms with Crippen molar-refractivity contribution in [1.82, 2.24) is 14.7 Å². The van der Waals surface area contributed by atoms with Crippen LogP contribution in [-0.2, 0) is 13.6 Å². The molecule has 0 saturated carbocycles. The van der Waals surface area contributed by atoms with Gasteiger partial charge in [-0.05, 0) is 51.3 Å². The summed E-state index contributed by atoms with van der Waals surface area (Å²) in [6.45, 7) is 11.3. The Bertz CT molecular complexity index is 1010. The fourth-order valence-corrected chi connectivity index (χ4v) is 3.77. The van der Waals surface area contributed by atoms with Crippen LogP contribution >= 0.6 is 0 Å². The number of aliphatic hydroxyl groups excluding tert-OH is 1. The third kappa shape index (κ3) is 6.09. The number of aromatic nitrogens is 2. The van der Waals surface area contributed by atoms with Crippen LogP contribution in [0.15, 0.2) is 67.3 Å². The largest absolute Gasteiger partial charge is 0.439 e. The number of aliphatic hydroxyl groups is 1. The average molecular weight is 434 g/mol. The van der Waals surface area contributed by atoms with Gasteiger partial charge in [0.1, 0.15) is 11.4 Å². The summed E-state index contributed by atoms with van der Waals surface area (Å²) in [5.41, 5.74) is 4.11. The summed E-state index contributed by atoms with van der Waals surface area (Å²) in [7, 11) is 1.92. The van der Waals surface area contributed by atoms with Gasteiger partial charge in [0.05, 0.1) is 11.7 Å². The van der Waals surface area contributed by atoms with Crippen molar-refractivity contribution in [3.63, 3.8) is 0 Å². The number of ether oxygens (including phenoxy) is 1. The highest BCUT2D eigenvalue weighted by Crippen LogP contribution is 2.34. The highest BCUT2D eigenvalue weighted by molar-refractivity contribution is 5.65. The van der Waals surface area contributed by atoms with Gasteiger partial charge in [-0.2, -0.15) is 5.10 Å². The van der Waals surface area contributed by atoms with Crippen molar-refractivity contribution in [3.8, 4) is 22.9 Å². The Labute approximate surface area is 192 Å². The maximum atomic E-state index is 10.6. The quantitative estimate of drug-likeness (QED) is 0.393. The fourth-order valence-electron chi connectivity index (χ4n) is 3.77. The van der Waals surface area contributed by atoms with E-state index >= 15 is 0 Å². The van der Waals surface area contributed by atoms with Crippen molar-refractivity contribution in [2.24, 2.45) is 7.05 Å². The number of hydrogen-bond acceptors (Lipinski definition) is 4. The molecule has 32 heavy (non-hydrogen) atoms. The van der Waals surface area contributed by atoms with Crippen molar-refractivity contribution in [2.45, 2.75) is 52.3 Å². The van der Waals surface area contributed by atoms with Gasteiger partial charge in [0.15, 0.2) is 0 Å². The molecule has 0 aliphatic carbocycles. The zero-order valence-corrected chi connectivity index (χ0v) is 19.7. The highest BCUT2D eigenvalue weighted by atomic mass is 16.5. The van der Waals surface area contributed by atoms with Gasteiger partial charge in [0.25, 0.3) is 0 Å². The molecule has 170 valence electrons. The normalized spacial score (nSPS) is 12.3. The molecular weight excluding hydrogens is 398 g/mol. The van der Waals surface area contributed by atoms with E-state index in [4.69, 9.17) is 9.84 Å². The third-order valence-corrected chi connectivity index (χ3v) is 5.58. The molecule has 3 rings (SSSR count). The van der Waals surface area contributed by atoms with E-state index in [1.54, 1.807) is 0 Å². The van der Waals surface area contributed by atoms with E-state index in [-0.39, 0.29) is 6.04 Å². The van der Waals surface area contributed by atoms with Crippen LogP contribution in [-0.4, -0.2) is 38.5 Å². The minimum Gasteiger partial charge on any atom is -0.439 e. The molecule has 0 spiro atoms. The SMILES string of the molecule is C=CCC[C@H](O)CN(Cc1c(-c2ccccc2)nn(C)c1Oc1cccc(C)c1)C(C)C. The van der Waals surface area contributed by atoms with Gasteiger partial charge >= 0.3 is 0 Å². The second-order valence-corrected chi connectivity index (χ2v) is 8.58. The molecule has 2 aromatic carbocycles. The maximum absolute atomic E-state index is 10.6. The molecule has 0 aliphatic rings. The molecule has 1 heterocycles. The lowest BCUT2D eigenvalue weighted by Crippen LogP contribution is -2.37. The van der Waals surface area contributed by atoms with Crippen molar-refractivity contribution in [3.05, 3.63) is 78.4 Å². The van der Waals surface area contributed by atoms with Gasteiger partial charge in [0, 0.05) is 31.7 Å². The fraction of sp³-hybridized carbons (Fsp3) is 0.370. The van der Waals surface area contributed by atoms with Crippen LogP contribution < -0.4 is 4.74 Å². The molecule has 0 unspecified atom stereocenters. The number of hydrogen-bond donors (Lipinski definition) is 1. The average Bonchev–Trinajstić information content (AvgIpc) is 3.07. The third-order valence-electron chi connectivity index (χ3n) is 5.58. The van der Waals surface area contributed by atoms with Crippen LogP contribution in [0.5, 0.6) is 11.6 Å². The number of nitrogens with zero attached hydrogens (tertiary/aromatic N) is 3. The van der Waals surface area contributed by atoms with E-state index in [0.29, 0.717) is 19.5 Å². The van der Waals surface area contributed by atoms with E-state index < -0.39 is 6.10 Å². The molecule has 1 atom stereocenters. The lowest BCUT2D eigenvalue weighted by atomic mass is 10.1. The molecule has 0 fully saturated rings. The molecule has 1 N–H and O–H groups in total. The molecule has 3 aromatic rings. The number of benzene rings is 2. The van der Waals surface area contributed by atoms with Gasteiger partial charge in [-0.25, -0.2) is 4.68 Å². The molecule has 0 aliphatic heterocycles. The smallest absolute Gasteiger partial charge is 0.222 e. The molecule has 0 bridgehead atoms. The first-order chi connectivity index (χ1) is 15.4. The lowest BCUT2D eigenvalue weighted by Gasteiger charge is -2.29. The van der Waals surface area contributed by atoms with Gasteiger partial charge in [-0.1, -0.05) is 48.5 Å². The first kappa shape index (κ1) is 23.8. The predicted molar refractivity (Wildman–Crippen MR) is 131 cm³/mol. The first-order valence-corrected chi connectivity index (χ1v) is 11.3. The highest BCUT2D eigenvalue weighted by Gasteiger charge is 2.24. The topological polar surface area (TPSA) is 50.5 Å². The minimum atomic E-state index is -0.409. The lowest BCUT2D eigenvalue weighted by molar-refractivity contribution is 0.0851. The summed E-state index contributed by atoms with van der Waals surface area (Å²) in [6.07, 6.45) is 2.95. The Balaban J connectivity index is 1.99. The number of allylic oxidation sites excluding steroid dienone is 1. The van der Waals surface area contributed by atoms with Crippen molar-refractivity contribution >= 4 is 0 Å². The molecule has 0 amide bonds. The molecular formula is C27H35N3O2. The predicted octanol–water partition coefficient (Wildman–Crippen LogP) is 5.73. The van der Waals surface area contributed by atoms with Crippen LogP contribution in [0.25, 0.3) is 11.3 Å². The standard InChI is InChI=1S/C27H35N3O2/c1-6-7-15-23(31)18-30(20(2)3)19-25-26(22-13-9-8-10-14-22)28-29(5)27(25)32-24-16-11-12-21(4)17-24/h6,8-14,16-17,20,23,31H,1,7,15,18-19H2,2-5H3/t23-/m0/s1. The number of aryl methyl sites for hydroxylation is 2. The van der Waals surface area contributed by atoms with Crippen molar-refractivity contribution < 1.29 is 9.84 Å². The second kappa shape index (κ2) is 11.1. The van der Waals surface area contributed by atoms with Gasteiger partial charge in [0.2, 0.25) is 5.88 Å². The summed E-state index contributed by atoms with van der Waals surface area (Å²) < 4.78 is 8.18. The Morgan fingerprint density at radius 2 is 1.91 bits per heavy atom. The van der Waals surface area contributed by atoms with Gasteiger partial charge in [-0.15, -0.1) is 6.58 Å². The van der Waals surface area contributed by atoms with Crippen LogP contribution in [0, 0.1) is 6.92 Å². The molecule has 5 nitrogen and oxygen atoms in total. The zero-order chi connectivity index (χ0) is 23.1. The first-order valence-electron chi connectivity index (χ1n) is 11.3. The summed E-state index contributed by atoms with van der Waals surface area (Å²) in [5.74, 6) is 1.51. The molecule has 0 radical (unpaired) electrons. The number of rotatable bonds is 11. The molecule has 5 heteroatoms. The van der Waals surface area contributed by atoms with Crippen LogP contribution in [0.3, 0.4) is 0 Å². The van der Waals surface area contributed by atoms with E-state index in [1.807, 2.05) is 54.2 Å². The van der Waals surface area contributed by atoms with Crippen LogP contribution in [0.1, 0.15) is 37.8 Å². The summed E-state index contributed by atoms with van der Waals surface area (Å²) in [5, 5.41) is 15.4. The van der Waals surface area contributed by atoms with E-state index in [0.717, 1.165) is 40.4 Å². The van der Waals surface area contributed by atoms with E-state index in [1.165, 1.54) is 0 Å². The Kier molecular flexibility index (Phi) is 8.26.